The first-order valence-electron chi connectivity index (χ1n) is 6.12. The van der Waals surface area contributed by atoms with E-state index in [9.17, 15) is 4.79 Å². The molecule has 4 nitrogen and oxygen atoms in total. The summed E-state index contributed by atoms with van der Waals surface area (Å²) in [5, 5.41) is 3.03. The summed E-state index contributed by atoms with van der Waals surface area (Å²) in [6, 6.07) is 0. The van der Waals surface area contributed by atoms with E-state index in [0.29, 0.717) is 6.54 Å². The summed E-state index contributed by atoms with van der Waals surface area (Å²) in [4.78, 5) is 13.8. The van der Waals surface area contributed by atoms with Gasteiger partial charge in [0.1, 0.15) is 0 Å². The molecule has 0 aromatic rings. The van der Waals surface area contributed by atoms with Crippen LogP contribution in [0.15, 0.2) is 0 Å². The second-order valence-corrected chi connectivity index (χ2v) is 5.65. The lowest BCUT2D eigenvalue weighted by Crippen LogP contribution is -2.68. The van der Waals surface area contributed by atoms with Gasteiger partial charge in [-0.3, -0.25) is 9.69 Å². The maximum Gasteiger partial charge on any atom is 0.234 e. The molecule has 94 valence electrons. The molecular formula is C12H25N3O. The predicted octanol–water partition coefficient (Wildman–Crippen LogP) is 0.714. The Morgan fingerprint density at radius 1 is 1.44 bits per heavy atom. The van der Waals surface area contributed by atoms with Crippen molar-refractivity contribution in [1.82, 2.24) is 10.2 Å². The highest BCUT2D eigenvalue weighted by molar-refractivity contribution is 5.78. The second-order valence-electron chi connectivity index (χ2n) is 5.65. The quantitative estimate of drug-likeness (QED) is 0.727. The van der Waals surface area contributed by atoms with Gasteiger partial charge in [0.05, 0.1) is 6.54 Å². The molecule has 4 heteroatoms. The number of nitrogens with two attached hydrogens (primary N) is 1. The predicted molar refractivity (Wildman–Crippen MR) is 66.2 cm³/mol. The van der Waals surface area contributed by atoms with Crippen molar-refractivity contribution in [3.05, 3.63) is 0 Å². The van der Waals surface area contributed by atoms with Gasteiger partial charge in [0.15, 0.2) is 0 Å². The van der Waals surface area contributed by atoms with Gasteiger partial charge in [-0.2, -0.15) is 0 Å². The molecule has 0 aromatic carbocycles. The van der Waals surface area contributed by atoms with Crippen molar-refractivity contribution in [3.63, 3.8) is 0 Å². The molecule has 0 radical (unpaired) electrons. The Morgan fingerprint density at radius 3 is 2.44 bits per heavy atom. The summed E-state index contributed by atoms with van der Waals surface area (Å²) in [5.41, 5.74) is 5.89. The van der Waals surface area contributed by atoms with Gasteiger partial charge in [-0.05, 0) is 26.7 Å². The molecule has 3 N–H and O–H groups in total. The van der Waals surface area contributed by atoms with E-state index >= 15 is 0 Å². The third kappa shape index (κ3) is 3.46. The number of nitrogens with zero attached hydrogens (tertiary/aromatic N) is 1. The van der Waals surface area contributed by atoms with Gasteiger partial charge in [0.2, 0.25) is 5.91 Å². The van der Waals surface area contributed by atoms with Crippen molar-refractivity contribution in [2.45, 2.75) is 51.6 Å². The van der Waals surface area contributed by atoms with Gasteiger partial charge in [0.25, 0.3) is 0 Å². The molecule has 0 aliphatic carbocycles. The Labute approximate surface area is 98.6 Å². The lowest BCUT2D eigenvalue weighted by molar-refractivity contribution is -0.125. The first-order valence-corrected chi connectivity index (χ1v) is 6.12. The number of hydrogen-bond acceptors (Lipinski definition) is 3. The van der Waals surface area contributed by atoms with E-state index in [2.05, 4.69) is 24.1 Å². The standard InChI is InChI=1S/C12H25N3O/c1-5-11(3,4)14-10(16)7-15-8-12(13,6-2)9-15/h5-9,13H2,1-4H3,(H,14,16). The van der Waals surface area contributed by atoms with Crippen LogP contribution < -0.4 is 11.1 Å². The highest BCUT2D eigenvalue weighted by atomic mass is 16.2. The average molecular weight is 227 g/mol. The zero-order valence-corrected chi connectivity index (χ0v) is 11.0. The molecule has 1 aliphatic rings. The van der Waals surface area contributed by atoms with Gasteiger partial charge in [-0.1, -0.05) is 13.8 Å². The molecule has 0 saturated carbocycles. The Morgan fingerprint density at radius 2 is 2.00 bits per heavy atom. The maximum absolute atomic E-state index is 11.7. The third-order valence-corrected chi connectivity index (χ3v) is 3.51. The minimum Gasteiger partial charge on any atom is -0.350 e. The number of likely N-dealkylation sites (tertiary alicyclic amines) is 1. The number of nitrogens with one attached hydrogen (secondary N) is 1. The van der Waals surface area contributed by atoms with Crippen molar-refractivity contribution in [3.8, 4) is 0 Å². The fourth-order valence-electron chi connectivity index (χ4n) is 1.89. The summed E-state index contributed by atoms with van der Waals surface area (Å²) in [6.07, 6.45) is 1.92. The van der Waals surface area contributed by atoms with E-state index in [1.165, 1.54) is 0 Å². The van der Waals surface area contributed by atoms with Crippen LogP contribution in [0.3, 0.4) is 0 Å². The highest BCUT2D eigenvalue weighted by Crippen LogP contribution is 2.20. The van der Waals surface area contributed by atoms with E-state index in [1.54, 1.807) is 0 Å². The Balaban J connectivity index is 2.28. The van der Waals surface area contributed by atoms with E-state index in [4.69, 9.17) is 5.73 Å². The normalized spacial score (nSPS) is 20.3. The Hall–Kier alpha value is -0.610. The summed E-state index contributed by atoms with van der Waals surface area (Å²) in [5.74, 6) is 0.102. The van der Waals surface area contributed by atoms with Crippen molar-refractivity contribution in [2.24, 2.45) is 5.73 Å². The van der Waals surface area contributed by atoms with Crippen LogP contribution in [0.25, 0.3) is 0 Å². The van der Waals surface area contributed by atoms with Crippen LogP contribution in [0.5, 0.6) is 0 Å². The molecule has 0 unspecified atom stereocenters. The molecule has 16 heavy (non-hydrogen) atoms. The first-order chi connectivity index (χ1) is 7.30. The van der Waals surface area contributed by atoms with Crippen LogP contribution in [0.1, 0.15) is 40.5 Å². The highest BCUT2D eigenvalue weighted by Gasteiger charge is 2.38. The van der Waals surface area contributed by atoms with Crippen LogP contribution in [-0.2, 0) is 4.79 Å². The summed E-state index contributed by atoms with van der Waals surface area (Å²) < 4.78 is 0. The Bertz CT molecular complexity index is 257. The van der Waals surface area contributed by atoms with Crippen molar-refractivity contribution < 1.29 is 4.79 Å². The van der Waals surface area contributed by atoms with Crippen molar-refractivity contribution in [1.29, 1.82) is 0 Å². The van der Waals surface area contributed by atoms with Crippen LogP contribution in [0, 0.1) is 0 Å². The Kier molecular flexibility index (Phi) is 3.97. The molecule has 1 rings (SSSR count). The monoisotopic (exact) mass is 227 g/mol. The van der Waals surface area contributed by atoms with Crippen molar-refractivity contribution in [2.75, 3.05) is 19.6 Å². The summed E-state index contributed by atoms with van der Waals surface area (Å²) in [7, 11) is 0. The molecule has 0 bridgehead atoms. The topological polar surface area (TPSA) is 58.4 Å². The molecular weight excluding hydrogens is 202 g/mol. The van der Waals surface area contributed by atoms with Crippen LogP contribution >= 0.6 is 0 Å². The maximum atomic E-state index is 11.7. The largest absolute Gasteiger partial charge is 0.350 e. The lowest BCUT2D eigenvalue weighted by Gasteiger charge is -2.47. The van der Waals surface area contributed by atoms with Gasteiger partial charge in [-0.15, -0.1) is 0 Å². The smallest absolute Gasteiger partial charge is 0.234 e. The number of carbonyl (C=O) groups is 1. The fourth-order valence-corrected chi connectivity index (χ4v) is 1.89. The van der Waals surface area contributed by atoms with Crippen LogP contribution in [0.4, 0.5) is 0 Å². The molecule has 0 atom stereocenters. The van der Waals surface area contributed by atoms with Crippen molar-refractivity contribution >= 4 is 5.91 Å². The lowest BCUT2D eigenvalue weighted by atomic mass is 9.88. The van der Waals surface area contributed by atoms with Gasteiger partial charge >= 0.3 is 0 Å². The van der Waals surface area contributed by atoms with Gasteiger partial charge in [0, 0.05) is 24.2 Å². The second kappa shape index (κ2) is 4.72. The average Bonchev–Trinajstić information content (AvgIpc) is 2.14. The van der Waals surface area contributed by atoms with Crippen LogP contribution in [-0.4, -0.2) is 41.5 Å². The summed E-state index contributed by atoms with van der Waals surface area (Å²) in [6.45, 7) is 10.4. The zero-order valence-electron chi connectivity index (χ0n) is 11.0. The van der Waals surface area contributed by atoms with Gasteiger partial charge < -0.3 is 11.1 Å². The molecule has 0 spiro atoms. The number of carbonyl (C=O) groups excluding carboxylic acids is 1. The number of amides is 1. The number of hydrogen-bond donors (Lipinski definition) is 2. The molecule has 1 aliphatic heterocycles. The SMILES string of the molecule is CCC1(N)CN(CC(=O)NC(C)(C)CC)C1. The summed E-state index contributed by atoms with van der Waals surface area (Å²) >= 11 is 0. The first kappa shape index (κ1) is 13.5. The molecule has 1 fully saturated rings. The third-order valence-electron chi connectivity index (χ3n) is 3.51. The minimum absolute atomic E-state index is 0.0550. The molecule has 0 aromatic heterocycles. The number of rotatable bonds is 5. The molecule has 1 heterocycles. The van der Waals surface area contributed by atoms with E-state index < -0.39 is 0 Å². The van der Waals surface area contributed by atoms with E-state index in [-0.39, 0.29) is 17.0 Å². The molecule has 1 saturated heterocycles. The zero-order chi connectivity index (χ0) is 12.4. The minimum atomic E-state index is -0.105. The van der Waals surface area contributed by atoms with Gasteiger partial charge in [-0.25, -0.2) is 0 Å². The van der Waals surface area contributed by atoms with E-state index in [1.807, 2.05) is 13.8 Å². The van der Waals surface area contributed by atoms with Crippen LogP contribution in [0.2, 0.25) is 0 Å². The van der Waals surface area contributed by atoms with E-state index in [0.717, 1.165) is 25.9 Å². The molecule has 1 amide bonds. The fraction of sp³-hybridized carbons (Fsp3) is 0.917.